The van der Waals surface area contributed by atoms with E-state index in [4.69, 9.17) is 0 Å². The van der Waals surface area contributed by atoms with Gasteiger partial charge in [-0.2, -0.15) is 0 Å². The van der Waals surface area contributed by atoms with Crippen LogP contribution < -0.4 is 0 Å². The highest BCUT2D eigenvalue weighted by molar-refractivity contribution is 6.22. The lowest BCUT2D eigenvalue weighted by Crippen LogP contribution is -2.28. The maximum absolute atomic E-state index is 11.7. The Morgan fingerprint density at radius 2 is 1.64 bits per heavy atom. The molecule has 2 aliphatic rings. The fourth-order valence-electron chi connectivity index (χ4n) is 2.02. The molecule has 14 heavy (non-hydrogen) atoms. The number of ketones is 2. The van der Waals surface area contributed by atoms with Crippen molar-refractivity contribution in [2.45, 2.75) is 25.7 Å². The fraction of sp³-hybridized carbons (Fsp3) is 0.636. The van der Waals surface area contributed by atoms with Crippen LogP contribution in [0, 0.1) is 5.41 Å². The monoisotopic (exact) mass is 193 g/mol. The molecule has 2 saturated carbocycles. The molecule has 0 unspecified atom stereocenters. The minimum atomic E-state index is 0.0347. The molecule has 2 aliphatic carbocycles. The van der Waals surface area contributed by atoms with Gasteiger partial charge in [-0.05, 0) is 18.3 Å². The predicted octanol–water partition coefficient (Wildman–Crippen LogP) is 1.14. The second-order valence-electron chi connectivity index (χ2n) is 4.71. The van der Waals surface area contributed by atoms with Crippen LogP contribution in [0.1, 0.15) is 25.7 Å². The second-order valence-corrected chi connectivity index (χ2v) is 4.71. The molecule has 3 heteroatoms. The van der Waals surface area contributed by atoms with Gasteiger partial charge in [0, 0.05) is 33.1 Å². The van der Waals surface area contributed by atoms with Gasteiger partial charge in [-0.1, -0.05) is 0 Å². The van der Waals surface area contributed by atoms with Crippen molar-refractivity contribution in [3.63, 3.8) is 0 Å². The highest BCUT2D eigenvalue weighted by Crippen LogP contribution is 2.54. The van der Waals surface area contributed by atoms with E-state index < -0.39 is 0 Å². The smallest absolute Gasteiger partial charge is 0.168 e. The molecule has 0 amide bonds. The third-order valence-electron chi connectivity index (χ3n) is 3.02. The van der Waals surface area contributed by atoms with Gasteiger partial charge in [-0.3, -0.25) is 9.59 Å². The Hall–Kier alpha value is -1.12. The molecule has 2 rings (SSSR count). The average molecular weight is 193 g/mol. The summed E-state index contributed by atoms with van der Waals surface area (Å²) in [4.78, 5) is 25.1. The summed E-state index contributed by atoms with van der Waals surface area (Å²) in [5.74, 6) is 0.0694. The van der Waals surface area contributed by atoms with Gasteiger partial charge in [-0.25, -0.2) is 0 Å². The van der Waals surface area contributed by atoms with Gasteiger partial charge < -0.3 is 4.90 Å². The molecule has 0 aromatic heterocycles. The van der Waals surface area contributed by atoms with Crippen molar-refractivity contribution in [3.8, 4) is 0 Å². The van der Waals surface area contributed by atoms with Crippen molar-refractivity contribution in [1.82, 2.24) is 4.90 Å². The zero-order valence-corrected chi connectivity index (χ0v) is 8.67. The quantitative estimate of drug-likeness (QED) is 0.463. The molecule has 0 radical (unpaired) electrons. The van der Waals surface area contributed by atoms with E-state index in [9.17, 15) is 9.59 Å². The van der Waals surface area contributed by atoms with Gasteiger partial charge in [-0.15, -0.1) is 0 Å². The topological polar surface area (TPSA) is 37.4 Å². The molecule has 3 nitrogen and oxygen atoms in total. The summed E-state index contributed by atoms with van der Waals surface area (Å²) in [5, 5.41) is 0. The number of Topliss-reactive ketones (excluding diaryl/α,β-unsaturated/α-hetero) is 2. The van der Waals surface area contributed by atoms with Crippen LogP contribution in [0.25, 0.3) is 0 Å². The summed E-state index contributed by atoms with van der Waals surface area (Å²) >= 11 is 0. The Balaban J connectivity index is 2.20. The van der Waals surface area contributed by atoms with Crippen LogP contribution in [0.5, 0.6) is 0 Å². The summed E-state index contributed by atoms with van der Waals surface area (Å²) in [6.07, 6.45) is 4.93. The van der Waals surface area contributed by atoms with Crippen LogP contribution in [0.3, 0.4) is 0 Å². The van der Waals surface area contributed by atoms with Gasteiger partial charge in [0.25, 0.3) is 0 Å². The maximum Gasteiger partial charge on any atom is 0.168 e. The zero-order valence-electron chi connectivity index (χ0n) is 8.67. The number of nitrogens with zero attached hydrogens (tertiary/aromatic N) is 1. The van der Waals surface area contributed by atoms with E-state index in [0.29, 0.717) is 18.4 Å². The van der Waals surface area contributed by atoms with E-state index in [2.05, 4.69) is 0 Å². The third-order valence-corrected chi connectivity index (χ3v) is 3.02. The lowest BCUT2D eigenvalue weighted by Gasteiger charge is -2.21. The minimum Gasteiger partial charge on any atom is -0.383 e. The first kappa shape index (κ1) is 9.44. The zero-order chi connectivity index (χ0) is 10.3. The van der Waals surface area contributed by atoms with Crippen molar-refractivity contribution in [2.75, 3.05) is 14.1 Å². The minimum absolute atomic E-state index is 0.0347. The van der Waals surface area contributed by atoms with Crippen molar-refractivity contribution in [1.29, 1.82) is 0 Å². The first-order valence-corrected chi connectivity index (χ1v) is 4.97. The normalized spacial score (nSPS) is 24.0. The van der Waals surface area contributed by atoms with Crippen molar-refractivity contribution < 1.29 is 9.59 Å². The molecule has 0 bridgehead atoms. The number of hydrogen-bond donors (Lipinski definition) is 0. The van der Waals surface area contributed by atoms with Gasteiger partial charge in [0.15, 0.2) is 11.6 Å². The molecule has 76 valence electrons. The standard InChI is InChI=1S/C11H15NO2/c1-12(2)7-8-9(13)5-11(3-4-11)6-10(8)14/h7H,3-6H2,1-2H3. The summed E-state index contributed by atoms with van der Waals surface area (Å²) in [6.45, 7) is 0. The molecule has 2 fully saturated rings. The lowest BCUT2D eigenvalue weighted by atomic mass is 9.82. The molecule has 1 spiro atoms. The molecular formula is C11H15NO2. The van der Waals surface area contributed by atoms with Crippen LogP contribution in [-0.4, -0.2) is 30.6 Å². The van der Waals surface area contributed by atoms with Gasteiger partial charge in [0.05, 0.1) is 5.57 Å². The molecule has 0 heterocycles. The van der Waals surface area contributed by atoms with E-state index in [0.717, 1.165) is 12.8 Å². The molecule has 0 N–H and O–H groups in total. The summed E-state index contributed by atoms with van der Waals surface area (Å²) in [6, 6.07) is 0. The largest absolute Gasteiger partial charge is 0.383 e. The molecule has 0 aliphatic heterocycles. The Morgan fingerprint density at radius 1 is 1.14 bits per heavy atom. The number of carbonyl (C=O) groups excluding carboxylic acids is 2. The molecule has 0 saturated heterocycles. The highest BCUT2D eigenvalue weighted by atomic mass is 16.2. The average Bonchev–Trinajstić information content (AvgIpc) is 2.77. The van der Waals surface area contributed by atoms with Gasteiger partial charge in [0.1, 0.15) is 0 Å². The number of allylic oxidation sites excluding steroid dienone is 1. The first-order chi connectivity index (χ1) is 6.52. The Labute approximate surface area is 83.8 Å². The van der Waals surface area contributed by atoms with E-state index in [1.807, 2.05) is 14.1 Å². The van der Waals surface area contributed by atoms with Crippen LogP contribution in [0.4, 0.5) is 0 Å². The number of rotatable bonds is 1. The third kappa shape index (κ3) is 1.59. The Bertz CT molecular complexity index is 302. The van der Waals surface area contributed by atoms with Crippen LogP contribution in [0.15, 0.2) is 11.8 Å². The van der Waals surface area contributed by atoms with Gasteiger partial charge in [0.2, 0.25) is 0 Å². The van der Waals surface area contributed by atoms with E-state index >= 15 is 0 Å². The first-order valence-electron chi connectivity index (χ1n) is 4.97. The molecular weight excluding hydrogens is 178 g/mol. The number of hydrogen-bond acceptors (Lipinski definition) is 3. The van der Waals surface area contributed by atoms with Gasteiger partial charge >= 0.3 is 0 Å². The second kappa shape index (κ2) is 2.94. The molecule has 0 aromatic rings. The van der Waals surface area contributed by atoms with Crippen LogP contribution >= 0.6 is 0 Å². The SMILES string of the molecule is CN(C)C=C1C(=O)CC2(CC2)CC1=O. The van der Waals surface area contributed by atoms with Crippen LogP contribution in [0.2, 0.25) is 0 Å². The van der Waals surface area contributed by atoms with E-state index in [-0.39, 0.29) is 17.0 Å². The summed E-state index contributed by atoms with van der Waals surface area (Å²) < 4.78 is 0. The van der Waals surface area contributed by atoms with Crippen molar-refractivity contribution in [3.05, 3.63) is 11.8 Å². The maximum atomic E-state index is 11.7. The predicted molar refractivity (Wildman–Crippen MR) is 52.7 cm³/mol. The van der Waals surface area contributed by atoms with Crippen molar-refractivity contribution >= 4 is 11.6 Å². The highest BCUT2D eigenvalue weighted by Gasteiger charge is 2.50. The lowest BCUT2D eigenvalue weighted by molar-refractivity contribution is -0.126. The molecule has 0 aromatic carbocycles. The van der Waals surface area contributed by atoms with Crippen molar-refractivity contribution in [2.24, 2.45) is 5.41 Å². The number of carbonyl (C=O) groups is 2. The van der Waals surface area contributed by atoms with E-state index in [1.165, 1.54) is 0 Å². The fourth-order valence-corrected chi connectivity index (χ4v) is 2.02. The summed E-state index contributed by atoms with van der Waals surface area (Å²) in [7, 11) is 3.66. The Kier molecular flexibility index (Phi) is 1.98. The van der Waals surface area contributed by atoms with E-state index in [1.54, 1.807) is 11.1 Å². The Morgan fingerprint density at radius 3 is 2.00 bits per heavy atom. The molecule has 0 atom stereocenters. The summed E-state index contributed by atoms with van der Waals surface area (Å²) in [5.41, 5.74) is 0.477. The van der Waals surface area contributed by atoms with Crippen LogP contribution in [-0.2, 0) is 9.59 Å².